The van der Waals surface area contributed by atoms with Gasteiger partial charge in [0.25, 0.3) is 0 Å². The lowest BCUT2D eigenvalue weighted by atomic mass is 9.94. The van der Waals surface area contributed by atoms with Gasteiger partial charge in [0.2, 0.25) is 0 Å². The van der Waals surface area contributed by atoms with Gasteiger partial charge < -0.3 is 14.3 Å². The monoisotopic (exact) mass is 308 g/mol. The minimum Gasteiger partial charge on any atom is -0.466 e. The van der Waals surface area contributed by atoms with Crippen LogP contribution in [0.1, 0.15) is 12.5 Å². The van der Waals surface area contributed by atoms with E-state index in [1.165, 1.54) is 4.57 Å². The van der Waals surface area contributed by atoms with Crippen molar-refractivity contribution < 1.29 is 9.53 Å². The number of nitrogens with one attached hydrogen (secondary N) is 1. The number of ether oxygens (including phenoxy) is 1. The number of aromatic amines is 1. The summed E-state index contributed by atoms with van der Waals surface area (Å²) in [5.41, 5.74) is 0.504. The average Bonchev–Trinajstić information content (AvgIpc) is 2.43. The molecule has 1 aliphatic rings. The molecule has 1 unspecified atom stereocenters. The first-order chi connectivity index (χ1) is 10.0. The lowest BCUT2D eigenvalue weighted by Crippen LogP contribution is -2.41. The maximum atomic E-state index is 12.0. The molecular formula is C14H13ClN2O4. The fourth-order valence-corrected chi connectivity index (χ4v) is 3.01. The summed E-state index contributed by atoms with van der Waals surface area (Å²) in [5.74, 6) is -0.859. The summed E-state index contributed by atoms with van der Waals surface area (Å²) in [7, 11) is 0. The number of hydrogen-bond acceptors (Lipinski definition) is 4. The topological polar surface area (TPSA) is 81.2 Å². The van der Waals surface area contributed by atoms with Crippen molar-refractivity contribution in [2.75, 3.05) is 6.61 Å². The van der Waals surface area contributed by atoms with Crippen LogP contribution in [0.25, 0.3) is 11.0 Å². The van der Waals surface area contributed by atoms with Gasteiger partial charge in [0.05, 0.1) is 23.6 Å². The van der Waals surface area contributed by atoms with Crippen LogP contribution in [0.4, 0.5) is 0 Å². The molecule has 0 spiro atoms. The van der Waals surface area contributed by atoms with E-state index in [1.807, 2.05) is 0 Å². The highest BCUT2D eigenvalue weighted by atomic mass is 35.5. The molecule has 7 heteroatoms. The lowest BCUT2D eigenvalue weighted by molar-refractivity contribution is -0.148. The highest BCUT2D eigenvalue weighted by molar-refractivity contribution is 6.31. The average molecular weight is 309 g/mol. The second-order valence-electron chi connectivity index (χ2n) is 4.98. The summed E-state index contributed by atoms with van der Waals surface area (Å²) in [6.07, 6.45) is 0.432. The largest absolute Gasteiger partial charge is 0.466 e. The minimum atomic E-state index is -0.722. The molecule has 0 amide bonds. The molecule has 0 bridgehead atoms. The number of hydrogen-bond donors (Lipinski definition) is 1. The third-order valence-corrected chi connectivity index (χ3v) is 3.82. The quantitative estimate of drug-likeness (QED) is 0.665. The molecule has 21 heavy (non-hydrogen) atoms. The van der Waals surface area contributed by atoms with Gasteiger partial charge in [-0.1, -0.05) is 11.6 Å². The summed E-state index contributed by atoms with van der Waals surface area (Å²) in [6.45, 7) is 2.15. The molecular weight excluding hydrogens is 296 g/mol. The van der Waals surface area contributed by atoms with Crippen molar-refractivity contribution in [1.82, 2.24) is 9.55 Å². The highest BCUT2D eigenvalue weighted by Gasteiger charge is 2.29. The maximum Gasteiger partial charge on any atom is 0.316 e. The SMILES string of the molecule is CCOC(=O)C1Cc2cc(Cl)cc3[nH]c(=O)c(=O)n(c23)C1. The number of halogens is 1. The molecule has 110 valence electrons. The Hall–Kier alpha value is -2.08. The van der Waals surface area contributed by atoms with Gasteiger partial charge in [0, 0.05) is 11.6 Å². The van der Waals surface area contributed by atoms with E-state index in [9.17, 15) is 14.4 Å². The number of aromatic nitrogens is 2. The fourth-order valence-electron chi connectivity index (χ4n) is 2.77. The van der Waals surface area contributed by atoms with Crippen LogP contribution in [0, 0.1) is 5.92 Å². The molecule has 2 aromatic rings. The van der Waals surface area contributed by atoms with Crippen LogP contribution in [-0.4, -0.2) is 22.1 Å². The number of carbonyl (C=O) groups is 1. The summed E-state index contributed by atoms with van der Waals surface area (Å²) >= 11 is 6.03. The van der Waals surface area contributed by atoms with Crippen LogP contribution in [0.3, 0.4) is 0 Å². The van der Waals surface area contributed by atoms with Crippen LogP contribution in [-0.2, 0) is 22.5 Å². The van der Waals surface area contributed by atoms with Gasteiger partial charge in [-0.15, -0.1) is 0 Å². The molecule has 0 fully saturated rings. The maximum absolute atomic E-state index is 12.0. The van der Waals surface area contributed by atoms with Crippen LogP contribution in [0.5, 0.6) is 0 Å². The number of esters is 1. The van der Waals surface area contributed by atoms with Gasteiger partial charge >= 0.3 is 17.1 Å². The molecule has 6 nitrogen and oxygen atoms in total. The van der Waals surface area contributed by atoms with Gasteiger partial charge in [0.1, 0.15) is 0 Å². The third kappa shape index (κ3) is 2.25. The zero-order valence-electron chi connectivity index (χ0n) is 11.3. The molecule has 1 N–H and O–H groups in total. The predicted octanol–water partition coefficient (Wildman–Crippen LogP) is 1.08. The molecule has 0 saturated carbocycles. The first kappa shape index (κ1) is 13.9. The number of carbonyl (C=O) groups excluding carboxylic acids is 1. The molecule has 0 saturated heterocycles. The zero-order chi connectivity index (χ0) is 15.1. The van der Waals surface area contributed by atoms with Crippen molar-refractivity contribution in [1.29, 1.82) is 0 Å². The van der Waals surface area contributed by atoms with Gasteiger partial charge in [-0.2, -0.15) is 0 Å². The van der Waals surface area contributed by atoms with Gasteiger partial charge in [-0.3, -0.25) is 14.4 Å². The van der Waals surface area contributed by atoms with Crippen molar-refractivity contribution in [3.05, 3.63) is 43.4 Å². The highest BCUT2D eigenvalue weighted by Crippen LogP contribution is 2.28. The Morgan fingerprint density at radius 2 is 2.24 bits per heavy atom. The minimum absolute atomic E-state index is 0.146. The number of benzene rings is 1. The summed E-state index contributed by atoms with van der Waals surface area (Å²) < 4.78 is 6.36. The van der Waals surface area contributed by atoms with Crippen molar-refractivity contribution in [2.24, 2.45) is 5.92 Å². The summed E-state index contributed by atoms with van der Waals surface area (Å²) in [5, 5.41) is 0.447. The van der Waals surface area contributed by atoms with Gasteiger partial charge in [-0.05, 0) is 31.0 Å². The molecule has 0 radical (unpaired) electrons. The Kier molecular flexibility index (Phi) is 3.33. The normalized spacial score (nSPS) is 17.0. The van der Waals surface area contributed by atoms with E-state index < -0.39 is 17.0 Å². The van der Waals surface area contributed by atoms with Crippen LogP contribution in [0.15, 0.2) is 21.7 Å². The van der Waals surface area contributed by atoms with E-state index in [1.54, 1.807) is 19.1 Å². The van der Waals surface area contributed by atoms with Crippen LogP contribution in [0.2, 0.25) is 5.02 Å². The zero-order valence-corrected chi connectivity index (χ0v) is 12.1. The Bertz CT molecular complexity index is 852. The van der Waals surface area contributed by atoms with Crippen molar-refractivity contribution in [2.45, 2.75) is 19.9 Å². The van der Waals surface area contributed by atoms with Gasteiger partial charge in [0.15, 0.2) is 0 Å². The Balaban J connectivity index is 2.23. The fraction of sp³-hybridized carbons (Fsp3) is 0.357. The predicted molar refractivity (Wildman–Crippen MR) is 77.7 cm³/mol. The van der Waals surface area contributed by atoms with Crippen molar-refractivity contribution in [3.63, 3.8) is 0 Å². The molecule has 1 atom stereocenters. The van der Waals surface area contributed by atoms with Crippen LogP contribution >= 0.6 is 11.6 Å². The molecule has 1 aromatic carbocycles. The second-order valence-corrected chi connectivity index (χ2v) is 5.42. The molecule has 0 aliphatic carbocycles. The summed E-state index contributed by atoms with van der Waals surface area (Å²) in [6, 6.07) is 3.31. The molecule has 1 aliphatic heterocycles. The number of H-pyrrole nitrogens is 1. The van der Waals surface area contributed by atoms with Crippen molar-refractivity contribution in [3.8, 4) is 0 Å². The lowest BCUT2D eigenvalue weighted by Gasteiger charge is -2.25. The molecule has 3 rings (SSSR count). The smallest absolute Gasteiger partial charge is 0.316 e. The number of nitrogens with zero attached hydrogens (tertiary/aromatic N) is 1. The molecule has 1 aromatic heterocycles. The number of rotatable bonds is 2. The third-order valence-electron chi connectivity index (χ3n) is 3.60. The molecule has 2 heterocycles. The van der Waals surface area contributed by atoms with E-state index >= 15 is 0 Å². The Labute approximate surface area is 124 Å². The van der Waals surface area contributed by atoms with Crippen molar-refractivity contribution >= 4 is 28.6 Å². The Morgan fingerprint density at radius 3 is 2.95 bits per heavy atom. The van der Waals surface area contributed by atoms with E-state index in [2.05, 4.69) is 4.98 Å². The van der Waals surface area contributed by atoms with E-state index in [0.29, 0.717) is 22.5 Å². The summed E-state index contributed by atoms with van der Waals surface area (Å²) in [4.78, 5) is 38.2. The second kappa shape index (κ2) is 5.04. The van der Waals surface area contributed by atoms with Crippen LogP contribution < -0.4 is 11.1 Å². The Morgan fingerprint density at radius 1 is 1.48 bits per heavy atom. The first-order valence-corrected chi connectivity index (χ1v) is 7.01. The van der Waals surface area contributed by atoms with Gasteiger partial charge in [-0.25, -0.2) is 0 Å². The first-order valence-electron chi connectivity index (χ1n) is 6.63. The van der Waals surface area contributed by atoms with E-state index in [4.69, 9.17) is 16.3 Å². The van der Waals surface area contributed by atoms with E-state index in [-0.39, 0.29) is 19.1 Å². The standard InChI is InChI=1S/C14H13ClN2O4/c1-2-21-14(20)8-3-7-4-9(15)5-10-11(7)17(6-8)13(19)12(18)16-10/h4-5,8H,2-3,6H2,1H3,(H,16,18). The van der Waals surface area contributed by atoms with E-state index in [0.717, 1.165) is 5.56 Å².